The number of fused-ring (bicyclic) bond motifs is 1. The van der Waals surface area contributed by atoms with Crippen LogP contribution in [0.2, 0.25) is 0 Å². The van der Waals surface area contributed by atoms with Crippen molar-refractivity contribution in [2.75, 3.05) is 12.8 Å². The molecule has 0 fully saturated rings. The van der Waals surface area contributed by atoms with Crippen LogP contribution in [-0.4, -0.2) is 12.3 Å². The van der Waals surface area contributed by atoms with Crippen LogP contribution in [0.5, 0.6) is 5.75 Å². The lowest BCUT2D eigenvalue weighted by Crippen LogP contribution is -2.11. The summed E-state index contributed by atoms with van der Waals surface area (Å²) >= 11 is 0. The van der Waals surface area contributed by atoms with Crippen LogP contribution in [0, 0.1) is 0 Å². The third kappa shape index (κ3) is 1.74. The van der Waals surface area contributed by atoms with Gasteiger partial charge in [0.05, 0.1) is 12.8 Å². The fraction of sp³-hybridized carbons (Fsp3) is 0.357. The summed E-state index contributed by atoms with van der Waals surface area (Å²) in [5, 5.41) is 4.13. The number of benzene rings is 1. The first-order valence-corrected chi connectivity index (χ1v) is 6.17. The number of hydrogen-bond acceptors (Lipinski definition) is 4. The van der Waals surface area contributed by atoms with Gasteiger partial charge in [-0.2, -0.15) is 0 Å². The average molecular weight is 244 g/mol. The third-order valence-electron chi connectivity index (χ3n) is 3.59. The third-order valence-corrected chi connectivity index (χ3v) is 3.59. The van der Waals surface area contributed by atoms with E-state index in [1.807, 2.05) is 12.1 Å². The lowest BCUT2D eigenvalue weighted by molar-refractivity contribution is 0.412. The minimum Gasteiger partial charge on any atom is -0.497 e. The van der Waals surface area contributed by atoms with Crippen molar-refractivity contribution < 1.29 is 9.26 Å². The van der Waals surface area contributed by atoms with E-state index in [0.29, 0.717) is 5.88 Å². The molecular weight excluding hydrogens is 228 g/mol. The van der Waals surface area contributed by atoms with Crippen LogP contribution >= 0.6 is 0 Å². The number of hydrogen-bond donors (Lipinski definition) is 1. The molecule has 18 heavy (non-hydrogen) atoms. The number of aromatic nitrogens is 1. The highest BCUT2D eigenvalue weighted by atomic mass is 16.5. The maximum absolute atomic E-state index is 5.80. The predicted octanol–water partition coefficient (Wildman–Crippen LogP) is 2.73. The van der Waals surface area contributed by atoms with Crippen LogP contribution in [0.1, 0.15) is 35.6 Å². The van der Waals surface area contributed by atoms with Crippen molar-refractivity contribution in [2.24, 2.45) is 0 Å². The molecule has 0 bridgehead atoms. The molecule has 94 valence electrons. The maximum Gasteiger partial charge on any atom is 0.225 e. The van der Waals surface area contributed by atoms with E-state index in [0.717, 1.165) is 36.3 Å². The Labute approximate surface area is 106 Å². The van der Waals surface area contributed by atoms with Crippen molar-refractivity contribution in [2.45, 2.75) is 25.2 Å². The number of nitrogens with two attached hydrogens (primary N) is 1. The van der Waals surface area contributed by atoms with Gasteiger partial charge >= 0.3 is 0 Å². The summed E-state index contributed by atoms with van der Waals surface area (Å²) in [6.45, 7) is 0. The largest absolute Gasteiger partial charge is 0.497 e. The molecule has 0 saturated carbocycles. The Bertz CT molecular complexity index is 563. The van der Waals surface area contributed by atoms with Crippen molar-refractivity contribution >= 4 is 5.88 Å². The van der Waals surface area contributed by atoms with Crippen LogP contribution in [-0.2, 0) is 6.42 Å². The normalized spacial score (nSPS) is 18.4. The Kier molecular flexibility index (Phi) is 2.70. The Morgan fingerprint density at radius 3 is 3.17 bits per heavy atom. The molecule has 2 aromatic rings. The Hall–Kier alpha value is -1.97. The van der Waals surface area contributed by atoms with E-state index in [4.69, 9.17) is 15.0 Å². The first-order valence-electron chi connectivity index (χ1n) is 6.17. The summed E-state index contributed by atoms with van der Waals surface area (Å²) in [6.07, 6.45) is 3.15. The first-order chi connectivity index (χ1) is 8.79. The van der Waals surface area contributed by atoms with Gasteiger partial charge < -0.3 is 15.0 Å². The van der Waals surface area contributed by atoms with Gasteiger partial charge in [-0.3, -0.25) is 0 Å². The van der Waals surface area contributed by atoms with Gasteiger partial charge in [-0.05, 0) is 37.0 Å². The van der Waals surface area contributed by atoms with Crippen LogP contribution < -0.4 is 10.5 Å². The second-order valence-corrected chi connectivity index (χ2v) is 4.63. The molecule has 1 heterocycles. The number of anilines is 1. The van der Waals surface area contributed by atoms with Gasteiger partial charge in [0.25, 0.3) is 0 Å². The molecule has 1 atom stereocenters. The number of nitrogen functional groups attached to an aromatic ring is 1. The monoisotopic (exact) mass is 244 g/mol. The molecule has 1 aliphatic carbocycles. The topological polar surface area (TPSA) is 61.3 Å². The second-order valence-electron chi connectivity index (χ2n) is 4.63. The number of nitrogens with zero attached hydrogens (tertiary/aromatic N) is 1. The van der Waals surface area contributed by atoms with Crippen molar-refractivity contribution in [3.8, 4) is 5.75 Å². The van der Waals surface area contributed by atoms with E-state index < -0.39 is 0 Å². The van der Waals surface area contributed by atoms with Crippen LogP contribution in [0.15, 0.2) is 28.8 Å². The van der Waals surface area contributed by atoms with Crippen molar-refractivity contribution in [1.82, 2.24) is 5.16 Å². The molecular formula is C14H16N2O2. The number of rotatable bonds is 2. The summed E-state index contributed by atoms with van der Waals surface area (Å²) in [7, 11) is 1.68. The molecule has 4 heteroatoms. The molecule has 3 rings (SSSR count). The second kappa shape index (κ2) is 4.37. The molecule has 4 nitrogen and oxygen atoms in total. The lowest BCUT2D eigenvalue weighted by atomic mass is 9.83. The molecule has 1 aliphatic rings. The van der Waals surface area contributed by atoms with E-state index in [9.17, 15) is 0 Å². The fourth-order valence-electron chi connectivity index (χ4n) is 2.66. The fourth-order valence-corrected chi connectivity index (χ4v) is 2.66. The first kappa shape index (κ1) is 11.1. The zero-order chi connectivity index (χ0) is 12.5. The van der Waals surface area contributed by atoms with Crippen molar-refractivity contribution in [1.29, 1.82) is 0 Å². The van der Waals surface area contributed by atoms with Gasteiger partial charge in [0, 0.05) is 11.5 Å². The lowest BCUT2D eigenvalue weighted by Gasteiger charge is -2.21. The zero-order valence-electron chi connectivity index (χ0n) is 10.3. The van der Waals surface area contributed by atoms with E-state index >= 15 is 0 Å². The summed E-state index contributed by atoms with van der Waals surface area (Å²) in [5.74, 6) is 1.61. The molecule has 0 aliphatic heterocycles. The highest BCUT2D eigenvalue weighted by Crippen LogP contribution is 2.38. The van der Waals surface area contributed by atoms with E-state index in [-0.39, 0.29) is 5.92 Å². The van der Waals surface area contributed by atoms with E-state index in [1.165, 1.54) is 5.56 Å². The van der Waals surface area contributed by atoms with Crippen LogP contribution in [0.3, 0.4) is 0 Å². The maximum atomic E-state index is 5.80. The standard InChI is InChI=1S/C14H16N2O2/c1-17-10-5-2-4-9(8-10)11-6-3-7-12-13(11)16-18-14(12)15/h2,4-5,8,11H,3,6-7,15H2,1H3. The smallest absolute Gasteiger partial charge is 0.225 e. The van der Waals surface area contributed by atoms with Gasteiger partial charge in [0.15, 0.2) is 0 Å². The van der Waals surface area contributed by atoms with Gasteiger partial charge in [-0.15, -0.1) is 0 Å². The van der Waals surface area contributed by atoms with Crippen molar-refractivity contribution in [3.63, 3.8) is 0 Å². The highest BCUT2D eigenvalue weighted by molar-refractivity contribution is 5.46. The minimum absolute atomic E-state index is 0.268. The summed E-state index contributed by atoms with van der Waals surface area (Å²) < 4.78 is 10.4. The summed E-state index contributed by atoms with van der Waals surface area (Å²) in [6, 6.07) is 8.12. The van der Waals surface area contributed by atoms with Gasteiger partial charge in [-0.1, -0.05) is 17.3 Å². The molecule has 1 unspecified atom stereocenters. The van der Waals surface area contributed by atoms with Gasteiger partial charge in [0.1, 0.15) is 5.75 Å². The van der Waals surface area contributed by atoms with Gasteiger partial charge in [-0.25, -0.2) is 0 Å². The Morgan fingerprint density at radius 2 is 2.33 bits per heavy atom. The summed E-state index contributed by atoms with van der Waals surface area (Å²) in [4.78, 5) is 0. The molecule has 0 saturated heterocycles. The number of methoxy groups -OCH3 is 1. The molecule has 0 spiro atoms. The average Bonchev–Trinajstić information content (AvgIpc) is 2.81. The molecule has 0 amide bonds. The summed E-state index contributed by atoms with van der Waals surface area (Å²) in [5.41, 5.74) is 9.09. The Morgan fingerprint density at radius 1 is 1.44 bits per heavy atom. The minimum atomic E-state index is 0.268. The number of ether oxygens (including phenoxy) is 1. The SMILES string of the molecule is COc1cccc(C2CCCc3c2noc3N)c1. The van der Waals surface area contributed by atoms with Crippen LogP contribution in [0.4, 0.5) is 5.88 Å². The zero-order valence-corrected chi connectivity index (χ0v) is 10.3. The molecule has 1 aromatic carbocycles. The van der Waals surface area contributed by atoms with E-state index in [1.54, 1.807) is 7.11 Å². The molecule has 2 N–H and O–H groups in total. The molecule has 0 radical (unpaired) electrons. The van der Waals surface area contributed by atoms with Gasteiger partial charge in [0.2, 0.25) is 5.88 Å². The quantitative estimate of drug-likeness (QED) is 0.882. The Balaban J connectivity index is 2.02. The van der Waals surface area contributed by atoms with Crippen LogP contribution in [0.25, 0.3) is 0 Å². The molecule has 1 aromatic heterocycles. The highest BCUT2D eigenvalue weighted by Gasteiger charge is 2.27. The van der Waals surface area contributed by atoms with Crippen molar-refractivity contribution in [3.05, 3.63) is 41.1 Å². The van der Waals surface area contributed by atoms with E-state index in [2.05, 4.69) is 17.3 Å². The predicted molar refractivity (Wildman–Crippen MR) is 68.7 cm³/mol.